The van der Waals surface area contributed by atoms with Crippen LogP contribution in [0, 0.1) is 0 Å². The fourth-order valence-electron chi connectivity index (χ4n) is 0.955. The Labute approximate surface area is 66.3 Å². The van der Waals surface area contributed by atoms with Crippen molar-refractivity contribution in [2.24, 2.45) is 0 Å². The summed E-state index contributed by atoms with van der Waals surface area (Å²) in [6.07, 6.45) is 0.536. The summed E-state index contributed by atoms with van der Waals surface area (Å²) in [5.74, 6) is 0.0630. The number of rotatable bonds is 2. The van der Waals surface area contributed by atoms with E-state index in [9.17, 15) is 4.79 Å². The number of amides is 1. The van der Waals surface area contributed by atoms with E-state index in [0.29, 0.717) is 13.0 Å². The molecule has 1 atom stereocenters. The number of carbonyl (C=O) groups excluding carboxylic acids is 1. The van der Waals surface area contributed by atoms with Gasteiger partial charge in [0, 0.05) is 13.0 Å². The first-order valence-corrected chi connectivity index (χ1v) is 3.93. The first-order valence-electron chi connectivity index (χ1n) is 3.93. The van der Waals surface area contributed by atoms with Crippen molar-refractivity contribution in [2.45, 2.75) is 19.5 Å². The molecule has 0 spiro atoms. The van der Waals surface area contributed by atoms with Gasteiger partial charge in [-0.3, -0.25) is 10.1 Å². The van der Waals surface area contributed by atoms with Crippen molar-refractivity contribution in [3.63, 3.8) is 0 Å². The minimum Gasteiger partial charge on any atom is -0.377 e. The molecule has 1 aliphatic heterocycles. The Bertz CT molecular complexity index is 132. The molecule has 4 heteroatoms. The molecule has 64 valence electrons. The standard InChI is InChI=1S/C7H14N2O2/c1-2-7(10)9-6-5-11-4-3-8-6/h6,8H,2-5H2,1H3,(H,9,10). The number of morpholine rings is 1. The highest BCUT2D eigenvalue weighted by Crippen LogP contribution is 1.89. The van der Waals surface area contributed by atoms with E-state index in [1.807, 2.05) is 6.92 Å². The number of ether oxygens (including phenoxy) is 1. The smallest absolute Gasteiger partial charge is 0.221 e. The Balaban J connectivity index is 2.19. The number of carbonyl (C=O) groups is 1. The number of hydrogen-bond donors (Lipinski definition) is 2. The van der Waals surface area contributed by atoms with E-state index in [-0.39, 0.29) is 12.1 Å². The van der Waals surface area contributed by atoms with Crippen LogP contribution in [-0.4, -0.2) is 31.8 Å². The van der Waals surface area contributed by atoms with Crippen molar-refractivity contribution in [3.05, 3.63) is 0 Å². The van der Waals surface area contributed by atoms with Gasteiger partial charge in [0.05, 0.1) is 13.2 Å². The van der Waals surface area contributed by atoms with Gasteiger partial charge in [-0.25, -0.2) is 0 Å². The van der Waals surface area contributed by atoms with E-state index in [0.717, 1.165) is 13.2 Å². The van der Waals surface area contributed by atoms with Crippen molar-refractivity contribution < 1.29 is 9.53 Å². The second-order valence-electron chi connectivity index (χ2n) is 2.50. The van der Waals surface area contributed by atoms with E-state index >= 15 is 0 Å². The molecule has 1 unspecified atom stereocenters. The zero-order valence-corrected chi connectivity index (χ0v) is 6.72. The zero-order chi connectivity index (χ0) is 8.10. The van der Waals surface area contributed by atoms with Crippen LogP contribution in [0.25, 0.3) is 0 Å². The summed E-state index contributed by atoms with van der Waals surface area (Å²) in [5, 5.41) is 5.92. The van der Waals surface area contributed by atoms with Crippen LogP contribution in [0.4, 0.5) is 0 Å². The highest BCUT2D eigenvalue weighted by molar-refractivity contribution is 5.75. The SMILES string of the molecule is CCC(=O)NC1COCCN1. The summed E-state index contributed by atoms with van der Waals surface area (Å²) in [6.45, 7) is 3.96. The summed E-state index contributed by atoms with van der Waals surface area (Å²) < 4.78 is 5.15. The molecule has 1 fully saturated rings. The highest BCUT2D eigenvalue weighted by Gasteiger charge is 2.13. The molecule has 1 heterocycles. The third-order valence-corrected chi connectivity index (χ3v) is 1.58. The van der Waals surface area contributed by atoms with Crippen molar-refractivity contribution in [2.75, 3.05) is 19.8 Å². The highest BCUT2D eigenvalue weighted by atomic mass is 16.5. The summed E-state index contributed by atoms with van der Waals surface area (Å²) in [7, 11) is 0. The Morgan fingerprint density at radius 3 is 3.18 bits per heavy atom. The molecule has 0 aromatic heterocycles. The third kappa shape index (κ3) is 2.86. The monoisotopic (exact) mass is 158 g/mol. The van der Waals surface area contributed by atoms with E-state index in [1.165, 1.54) is 0 Å². The molecule has 1 aliphatic rings. The minimum absolute atomic E-state index is 0.0104. The molecular weight excluding hydrogens is 144 g/mol. The topological polar surface area (TPSA) is 50.4 Å². The fourth-order valence-corrected chi connectivity index (χ4v) is 0.955. The van der Waals surface area contributed by atoms with Crippen molar-refractivity contribution in [1.82, 2.24) is 10.6 Å². The number of hydrogen-bond acceptors (Lipinski definition) is 3. The van der Waals surface area contributed by atoms with Crippen molar-refractivity contribution >= 4 is 5.91 Å². The largest absolute Gasteiger partial charge is 0.377 e. The van der Waals surface area contributed by atoms with Gasteiger partial charge in [0.25, 0.3) is 0 Å². The maximum atomic E-state index is 10.9. The van der Waals surface area contributed by atoms with E-state index in [1.54, 1.807) is 0 Å². The molecule has 0 saturated carbocycles. The Morgan fingerprint density at radius 2 is 2.64 bits per heavy atom. The molecule has 0 radical (unpaired) electrons. The van der Waals surface area contributed by atoms with Gasteiger partial charge >= 0.3 is 0 Å². The quantitative estimate of drug-likeness (QED) is 0.567. The van der Waals surface area contributed by atoms with E-state index < -0.39 is 0 Å². The lowest BCUT2D eigenvalue weighted by Crippen LogP contribution is -2.52. The summed E-state index contributed by atoms with van der Waals surface area (Å²) in [6, 6.07) is 0. The van der Waals surface area contributed by atoms with E-state index in [2.05, 4.69) is 10.6 Å². The summed E-state index contributed by atoms with van der Waals surface area (Å²) in [4.78, 5) is 10.9. The Hall–Kier alpha value is -0.610. The van der Waals surface area contributed by atoms with Crippen LogP contribution >= 0.6 is 0 Å². The number of nitrogens with one attached hydrogen (secondary N) is 2. The van der Waals surface area contributed by atoms with Crippen LogP contribution in [-0.2, 0) is 9.53 Å². The van der Waals surface area contributed by atoms with Crippen LogP contribution in [0.5, 0.6) is 0 Å². The molecule has 0 aromatic rings. The lowest BCUT2D eigenvalue weighted by atomic mass is 10.4. The zero-order valence-electron chi connectivity index (χ0n) is 6.72. The molecule has 1 rings (SSSR count). The lowest BCUT2D eigenvalue weighted by Gasteiger charge is -2.24. The van der Waals surface area contributed by atoms with Crippen LogP contribution in [0.3, 0.4) is 0 Å². The first kappa shape index (κ1) is 8.49. The van der Waals surface area contributed by atoms with Gasteiger partial charge in [-0.15, -0.1) is 0 Å². The third-order valence-electron chi connectivity index (χ3n) is 1.58. The summed E-state index contributed by atoms with van der Waals surface area (Å²) in [5.41, 5.74) is 0. The molecule has 2 N–H and O–H groups in total. The second-order valence-corrected chi connectivity index (χ2v) is 2.50. The molecule has 1 amide bonds. The molecule has 0 aromatic carbocycles. The predicted molar refractivity (Wildman–Crippen MR) is 41.0 cm³/mol. The van der Waals surface area contributed by atoms with Gasteiger partial charge in [0.2, 0.25) is 5.91 Å². The first-order chi connectivity index (χ1) is 5.33. The molecule has 4 nitrogen and oxygen atoms in total. The van der Waals surface area contributed by atoms with Crippen LogP contribution in [0.2, 0.25) is 0 Å². The Morgan fingerprint density at radius 1 is 1.82 bits per heavy atom. The minimum atomic E-state index is 0.0104. The Kier molecular flexibility index (Phi) is 3.32. The van der Waals surface area contributed by atoms with Gasteiger partial charge in [-0.05, 0) is 0 Å². The van der Waals surface area contributed by atoms with Crippen molar-refractivity contribution in [1.29, 1.82) is 0 Å². The lowest BCUT2D eigenvalue weighted by molar-refractivity contribution is -0.122. The van der Waals surface area contributed by atoms with Crippen LogP contribution < -0.4 is 10.6 Å². The fraction of sp³-hybridized carbons (Fsp3) is 0.857. The normalized spacial score (nSPS) is 24.6. The molecule has 0 aliphatic carbocycles. The van der Waals surface area contributed by atoms with Gasteiger partial charge < -0.3 is 10.1 Å². The average molecular weight is 158 g/mol. The van der Waals surface area contributed by atoms with Gasteiger partial charge in [0.1, 0.15) is 6.17 Å². The van der Waals surface area contributed by atoms with E-state index in [4.69, 9.17) is 4.74 Å². The predicted octanol–water partition coefficient (Wildman–Crippen LogP) is -0.541. The molecule has 0 bridgehead atoms. The second kappa shape index (κ2) is 4.31. The van der Waals surface area contributed by atoms with Crippen molar-refractivity contribution in [3.8, 4) is 0 Å². The van der Waals surface area contributed by atoms with Crippen LogP contribution in [0.1, 0.15) is 13.3 Å². The van der Waals surface area contributed by atoms with Gasteiger partial charge in [-0.2, -0.15) is 0 Å². The van der Waals surface area contributed by atoms with Gasteiger partial charge in [-0.1, -0.05) is 6.92 Å². The van der Waals surface area contributed by atoms with Gasteiger partial charge in [0.15, 0.2) is 0 Å². The maximum absolute atomic E-state index is 10.9. The molecule has 1 saturated heterocycles. The molecular formula is C7H14N2O2. The summed E-state index contributed by atoms with van der Waals surface area (Å²) >= 11 is 0. The average Bonchev–Trinajstić information content (AvgIpc) is 2.06. The van der Waals surface area contributed by atoms with Crippen LogP contribution in [0.15, 0.2) is 0 Å². The maximum Gasteiger partial charge on any atom is 0.221 e. The molecule has 11 heavy (non-hydrogen) atoms.